The smallest absolute Gasteiger partial charge is 0.209 e. The van der Waals surface area contributed by atoms with Crippen molar-refractivity contribution in [2.24, 2.45) is 0 Å². The molecular formula is C17H17FN2O3S. The Bertz CT molecular complexity index is 965. The van der Waals surface area contributed by atoms with E-state index in [1.165, 1.54) is 18.4 Å². The summed E-state index contributed by atoms with van der Waals surface area (Å²) in [5.41, 5.74) is 1.97. The third-order valence-corrected chi connectivity index (χ3v) is 4.89. The minimum absolute atomic E-state index is 0.0228. The molecule has 5 nitrogen and oxygen atoms in total. The van der Waals surface area contributed by atoms with Crippen LogP contribution in [0.25, 0.3) is 11.1 Å². The monoisotopic (exact) mass is 348 g/mol. The molecular weight excluding hydrogens is 331 g/mol. The van der Waals surface area contributed by atoms with Crippen LogP contribution < -0.4 is 5.32 Å². The molecule has 1 heterocycles. The van der Waals surface area contributed by atoms with Gasteiger partial charge in [-0.1, -0.05) is 12.1 Å². The quantitative estimate of drug-likeness (QED) is 0.766. The van der Waals surface area contributed by atoms with Crippen molar-refractivity contribution in [3.63, 3.8) is 0 Å². The minimum atomic E-state index is -3.19. The second-order valence-electron chi connectivity index (χ2n) is 5.66. The molecule has 0 spiro atoms. The van der Waals surface area contributed by atoms with Crippen molar-refractivity contribution in [1.82, 2.24) is 10.3 Å². The number of nitrogens with one attached hydrogen (secondary N) is 1. The van der Waals surface area contributed by atoms with Gasteiger partial charge in [-0.25, -0.2) is 17.8 Å². The van der Waals surface area contributed by atoms with Crippen molar-refractivity contribution in [1.29, 1.82) is 0 Å². The van der Waals surface area contributed by atoms with E-state index in [9.17, 15) is 12.8 Å². The molecule has 126 valence electrons. The molecule has 0 fully saturated rings. The molecule has 0 radical (unpaired) electrons. The number of fused-ring (bicyclic) bond motifs is 1. The highest BCUT2D eigenvalue weighted by molar-refractivity contribution is 7.90. The normalized spacial score (nSPS) is 13.3. The average Bonchev–Trinajstić information content (AvgIpc) is 2.94. The molecule has 7 heteroatoms. The standard InChI is InChI=1S/C17H17FN2O3S/c1-11(12-3-6-14(7-4-12)24(2,21)22)19-10-17-20-15-8-5-13(18)9-16(15)23-17/h3-9,11,19H,10H2,1-2H3/t11-/m1/s1. The maximum atomic E-state index is 13.2. The second-order valence-corrected chi connectivity index (χ2v) is 7.68. The predicted molar refractivity (Wildman–Crippen MR) is 88.8 cm³/mol. The summed E-state index contributed by atoms with van der Waals surface area (Å²) in [4.78, 5) is 4.58. The molecule has 0 unspecified atom stereocenters. The third-order valence-electron chi connectivity index (χ3n) is 3.76. The van der Waals surface area contributed by atoms with Crippen molar-refractivity contribution in [2.75, 3.05) is 6.26 Å². The Kier molecular flexibility index (Phi) is 4.38. The van der Waals surface area contributed by atoms with Crippen LogP contribution in [0.5, 0.6) is 0 Å². The van der Waals surface area contributed by atoms with Gasteiger partial charge in [0.15, 0.2) is 15.4 Å². The Morgan fingerprint density at radius 1 is 1.21 bits per heavy atom. The molecule has 0 saturated carbocycles. The Morgan fingerprint density at radius 3 is 2.58 bits per heavy atom. The van der Waals surface area contributed by atoms with Gasteiger partial charge in [0.1, 0.15) is 11.3 Å². The van der Waals surface area contributed by atoms with Crippen molar-refractivity contribution in [2.45, 2.75) is 24.4 Å². The SMILES string of the molecule is C[C@@H](NCc1nc2ccc(F)cc2o1)c1ccc(S(C)(=O)=O)cc1. The van der Waals surface area contributed by atoms with Crippen LogP contribution >= 0.6 is 0 Å². The van der Waals surface area contributed by atoms with E-state index < -0.39 is 9.84 Å². The van der Waals surface area contributed by atoms with Gasteiger partial charge in [0.25, 0.3) is 0 Å². The first-order valence-electron chi connectivity index (χ1n) is 7.41. The van der Waals surface area contributed by atoms with Gasteiger partial charge >= 0.3 is 0 Å². The lowest BCUT2D eigenvalue weighted by Crippen LogP contribution is -2.18. The molecule has 1 N–H and O–H groups in total. The number of sulfone groups is 1. The molecule has 0 amide bonds. The first kappa shape index (κ1) is 16.6. The van der Waals surface area contributed by atoms with Crippen LogP contribution in [0.3, 0.4) is 0 Å². The predicted octanol–water partition coefficient (Wildman–Crippen LogP) is 3.22. The van der Waals surface area contributed by atoms with Crippen LogP contribution in [0.1, 0.15) is 24.4 Å². The summed E-state index contributed by atoms with van der Waals surface area (Å²) in [7, 11) is -3.19. The fourth-order valence-corrected chi connectivity index (χ4v) is 3.01. The fraction of sp³-hybridized carbons (Fsp3) is 0.235. The number of hydrogen-bond donors (Lipinski definition) is 1. The van der Waals surface area contributed by atoms with E-state index in [1.54, 1.807) is 30.3 Å². The van der Waals surface area contributed by atoms with Crippen molar-refractivity contribution in [3.05, 3.63) is 59.7 Å². The highest BCUT2D eigenvalue weighted by atomic mass is 32.2. The Morgan fingerprint density at radius 2 is 1.92 bits per heavy atom. The first-order valence-corrected chi connectivity index (χ1v) is 9.30. The van der Waals surface area contributed by atoms with Gasteiger partial charge in [-0.2, -0.15) is 0 Å². The summed E-state index contributed by atoms with van der Waals surface area (Å²) < 4.78 is 41.6. The third kappa shape index (κ3) is 3.63. The van der Waals surface area contributed by atoms with Crippen LogP contribution in [0.4, 0.5) is 4.39 Å². The molecule has 24 heavy (non-hydrogen) atoms. The number of oxazole rings is 1. The fourth-order valence-electron chi connectivity index (χ4n) is 2.38. The zero-order valence-corrected chi connectivity index (χ0v) is 14.1. The topological polar surface area (TPSA) is 72.2 Å². The first-order chi connectivity index (χ1) is 11.3. The van der Waals surface area contributed by atoms with Gasteiger partial charge < -0.3 is 9.73 Å². The van der Waals surface area contributed by atoms with Crippen LogP contribution in [-0.2, 0) is 16.4 Å². The number of hydrogen-bond acceptors (Lipinski definition) is 5. The van der Waals surface area contributed by atoms with Gasteiger partial charge in [-0.3, -0.25) is 0 Å². The van der Waals surface area contributed by atoms with Crippen LogP contribution in [0.2, 0.25) is 0 Å². The van der Waals surface area contributed by atoms with Crippen molar-refractivity contribution >= 4 is 20.9 Å². The van der Waals surface area contributed by atoms with Crippen LogP contribution in [0, 0.1) is 5.82 Å². The lowest BCUT2D eigenvalue weighted by Gasteiger charge is -2.13. The summed E-state index contributed by atoms with van der Waals surface area (Å²) in [6, 6.07) is 10.9. The Hall–Kier alpha value is -2.25. The number of aromatic nitrogens is 1. The summed E-state index contributed by atoms with van der Waals surface area (Å²) in [5.74, 6) is 0.104. The number of halogens is 1. The highest BCUT2D eigenvalue weighted by Crippen LogP contribution is 2.19. The molecule has 3 rings (SSSR count). The maximum absolute atomic E-state index is 13.2. The van der Waals surface area contributed by atoms with Gasteiger partial charge in [0.2, 0.25) is 5.89 Å². The molecule has 2 aromatic carbocycles. The Balaban J connectivity index is 1.69. The zero-order valence-electron chi connectivity index (χ0n) is 13.3. The summed E-state index contributed by atoms with van der Waals surface area (Å²) in [5, 5.41) is 3.25. The van der Waals surface area contributed by atoms with Crippen LogP contribution in [0.15, 0.2) is 51.8 Å². The Labute approximate surface area is 139 Å². The molecule has 0 bridgehead atoms. The van der Waals surface area contributed by atoms with E-state index in [1.807, 2.05) is 6.92 Å². The van der Waals surface area contributed by atoms with E-state index in [-0.39, 0.29) is 11.9 Å². The van der Waals surface area contributed by atoms with Gasteiger partial charge in [0.05, 0.1) is 11.4 Å². The number of rotatable bonds is 5. The van der Waals surface area contributed by atoms with Crippen LogP contribution in [-0.4, -0.2) is 19.7 Å². The van der Waals surface area contributed by atoms with E-state index in [0.29, 0.717) is 28.4 Å². The molecule has 1 aromatic heterocycles. The van der Waals surface area contributed by atoms with Crippen molar-refractivity contribution in [3.8, 4) is 0 Å². The van der Waals surface area contributed by atoms with E-state index in [0.717, 1.165) is 5.56 Å². The largest absolute Gasteiger partial charge is 0.439 e. The molecule has 0 aliphatic rings. The van der Waals surface area contributed by atoms with E-state index in [2.05, 4.69) is 10.3 Å². The lowest BCUT2D eigenvalue weighted by atomic mass is 10.1. The molecule has 0 aliphatic carbocycles. The average molecular weight is 348 g/mol. The van der Waals surface area contributed by atoms with E-state index in [4.69, 9.17) is 4.42 Å². The number of benzene rings is 2. The van der Waals surface area contributed by atoms with Crippen molar-refractivity contribution < 1.29 is 17.2 Å². The highest BCUT2D eigenvalue weighted by Gasteiger charge is 2.11. The van der Waals surface area contributed by atoms with Gasteiger partial charge in [-0.05, 0) is 36.8 Å². The molecule has 0 saturated heterocycles. The maximum Gasteiger partial charge on any atom is 0.209 e. The second kappa shape index (κ2) is 6.33. The molecule has 0 aliphatic heterocycles. The molecule has 1 atom stereocenters. The lowest BCUT2D eigenvalue weighted by molar-refractivity contribution is 0.466. The van der Waals surface area contributed by atoms with Gasteiger partial charge in [0, 0.05) is 18.4 Å². The van der Waals surface area contributed by atoms with Gasteiger partial charge in [-0.15, -0.1) is 0 Å². The summed E-state index contributed by atoms with van der Waals surface area (Å²) in [6.45, 7) is 2.34. The summed E-state index contributed by atoms with van der Waals surface area (Å²) >= 11 is 0. The molecule has 3 aromatic rings. The van der Waals surface area contributed by atoms with E-state index >= 15 is 0 Å². The zero-order chi connectivity index (χ0) is 17.3. The minimum Gasteiger partial charge on any atom is -0.439 e. The number of nitrogens with zero attached hydrogens (tertiary/aromatic N) is 1. The summed E-state index contributed by atoms with van der Waals surface area (Å²) in [6.07, 6.45) is 1.18.